The van der Waals surface area contributed by atoms with Gasteiger partial charge in [-0.05, 0) is 25.0 Å². The lowest BCUT2D eigenvalue weighted by Gasteiger charge is -2.33. The number of piperidine rings is 1. The summed E-state index contributed by atoms with van der Waals surface area (Å²) in [6.45, 7) is 1.51. The molecule has 0 amide bonds. The molecule has 1 aromatic rings. The van der Waals surface area contributed by atoms with Crippen LogP contribution in [0.15, 0.2) is 18.3 Å². The van der Waals surface area contributed by atoms with Gasteiger partial charge in [-0.15, -0.1) is 0 Å². The van der Waals surface area contributed by atoms with Crippen LogP contribution in [0.1, 0.15) is 12.8 Å². The Morgan fingerprint density at radius 2 is 2.11 bits per heavy atom. The average Bonchev–Trinajstić information content (AvgIpc) is 2.29. The molecule has 0 unspecified atom stereocenters. The van der Waals surface area contributed by atoms with E-state index in [1.54, 1.807) is 12.3 Å². The van der Waals surface area contributed by atoms with Crippen LogP contribution in [-0.4, -0.2) is 38.8 Å². The Bertz CT molecular complexity index is 513. The number of aromatic nitrogens is 1. The molecule has 7 heteroatoms. The lowest BCUT2D eigenvalue weighted by Crippen LogP contribution is -2.44. The van der Waals surface area contributed by atoms with Crippen LogP contribution in [0.4, 0.5) is 5.82 Å². The minimum absolute atomic E-state index is 0.0127. The molecular formula is C11H16ClN3O2S. The highest BCUT2D eigenvalue weighted by Gasteiger charge is 2.23. The van der Waals surface area contributed by atoms with E-state index in [0.29, 0.717) is 5.02 Å². The summed E-state index contributed by atoms with van der Waals surface area (Å²) < 4.78 is 24.9. The molecule has 1 aliphatic heterocycles. The van der Waals surface area contributed by atoms with Gasteiger partial charge in [-0.3, -0.25) is 0 Å². The van der Waals surface area contributed by atoms with Gasteiger partial charge in [0.2, 0.25) is 10.0 Å². The van der Waals surface area contributed by atoms with Crippen LogP contribution in [0.5, 0.6) is 0 Å². The molecule has 18 heavy (non-hydrogen) atoms. The van der Waals surface area contributed by atoms with E-state index < -0.39 is 10.0 Å². The van der Waals surface area contributed by atoms with Gasteiger partial charge in [0.05, 0.1) is 11.3 Å². The van der Waals surface area contributed by atoms with Crippen molar-refractivity contribution in [1.82, 2.24) is 9.71 Å². The second kappa shape index (κ2) is 5.42. The third-order valence-electron chi connectivity index (χ3n) is 2.91. The molecule has 0 spiro atoms. The minimum Gasteiger partial charge on any atom is -0.355 e. The van der Waals surface area contributed by atoms with Crippen molar-refractivity contribution in [3.63, 3.8) is 0 Å². The van der Waals surface area contributed by atoms with Crippen LogP contribution in [-0.2, 0) is 10.0 Å². The summed E-state index contributed by atoms with van der Waals surface area (Å²) in [5.74, 6) is 0.775. The largest absolute Gasteiger partial charge is 0.355 e. The van der Waals surface area contributed by atoms with Gasteiger partial charge in [-0.1, -0.05) is 11.6 Å². The fourth-order valence-electron chi connectivity index (χ4n) is 2.12. The van der Waals surface area contributed by atoms with Crippen LogP contribution in [0.2, 0.25) is 5.02 Å². The van der Waals surface area contributed by atoms with E-state index in [0.717, 1.165) is 31.7 Å². The quantitative estimate of drug-likeness (QED) is 0.910. The lowest BCUT2D eigenvalue weighted by molar-refractivity contribution is 0.460. The van der Waals surface area contributed by atoms with Gasteiger partial charge in [-0.25, -0.2) is 18.1 Å². The first-order chi connectivity index (χ1) is 8.46. The molecule has 0 atom stereocenters. The molecule has 1 aromatic heterocycles. The summed E-state index contributed by atoms with van der Waals surface area (Å²) in [6.07, 6.45) is 4.43. The molecule has 2 heterocycles. The Morgan fingerprint density at radius 1 is 1.44 bits per heavy atom. The zero-order chi connectivity index (χ0) is 13.2. The standard InChI is InChI=1S/C11H16ClN3O2S/c1-18(16,17)14-9-4-7-15(8-5-9)11-10(12)3-2-6-13-11/h2-3,6,9,14H,4-5,7-8H2,1H3. The van der Waals surface area contributed by atoms with Crippen molar-refractivity contribution in [2.45, 2.75) is 18.9 Å². The molecule has 1 saturated heterocycles. The molecular weight excluding hydrogens is 274 g/mol. The minimum atomic E-state index is -3.12. The zero-order valence-corrected chi connectivity index (χ0v) is 11.7. The molecule has 1 fully saturated rings. The van der Waals surface area contributed by atoms with E-state index in [2.05, 4.69) is 14.6 Å². The van der Waals surface area contributed by atoms with Crippen LogP contribution in [0.25, 0.3) is 0 Å². The van der Waals surface area contributed by atoms with Crippen molar-refractivity contribution < 1.29 is 8.42 Å². The predicted octanol–water partition coefficient (Wildman–Crippen LogP) is 1.25. The maximum atomic E-state index is 11.1. The maximum absolute atomic E-state index is 11.1. The van der Waals surface area contributed by atoms with Gasteiger partial charge in [0, 0.05) is 25.3 Å². The third-order valence-corrected chi connectivity index (χ3v) is 3.97. The molecule has 0 radical (unpaired) electrons. The molecule has 1 aliphatic rings. The first-order valence-corrected chi connectivity index (χ1v) is 8.05. The SMILES string of the molecule is CS(=O)(=O)NC1CCN(c2ncccc2Cl)CC1. The molecule has 0 aliphatic carbocycles. The number of hydrogen-bond acceptors (Lipinski definition) is 4. The highest BCUT2D eigenvalue weighted by atomic mass is 35.5. The fourth-order valence-corrected chi connectivity index (χ4v) is 3.20. The molecule has 5 nitrogen and oxygen atoms in total. The van der Waals surface area contributed by atoms with Crippen LogP contribution in [0.3, 0.4) is 0 Å². The summed E-state index contributed by atoms with van der Waals surface area (Å²) in [5, 5.41) is 0.632. The number of sulfonamides is 1. The van der Waals surface area contributed by atoms with E-state index in [9.17, 15) is 8.42 Å². The number of hydrogen-bond donors (Lipinski definition) is 1. The van der Waals surface area contributed by atoms with E-state index in [4.69, 9.17) is 11.6 Å². The Morgan fingerprint density at radius 3 is 2.67 bits per heavy atom. The van der Waals surface area contributed by atoms with Crippen molar-refractivity contribution >= 4 is 27.4 Å². The topological polar surface area (TPSA) is 62.3 Å². The van der Waals surface area contributed by atoms with Gasteiger partial charge >= 0.3 is 0 Å². The first kappa shape index (κ1) is 13.6. The van der Waals surface area contributed by atoms with Crippen LogP contribution < -0.4 is 9.62 Å². The normalized spacial score (nSPS) is 18.0. The highest BCUT2D eigenvalue weighted by molar-refractivity contribution is 7.88. The van der Waals surface area contributed by atoms with Crippen molar-refractivity contribution in [2.24, 2.45) is 0 Å². The summed E-state index contributed by atoms with van der Waals surface area (Å²) in [7, 11) is -3.12. The van der Waals surface area contributed by atoms with Gasteiger partial charge in [0.1, 0.15) is 5.82 Å². The van der Waals surface area contributed by atoms with Gasteiger partial charge in [-0.2, -0.15) is 0 Å². The van der Waals surface area contributed by atoms with E-state index in [1.807, 2.05) is 6.07 Å². The molecule has 100 valence electrons. The van der Waals surface area contributed by atoms with Crippen molar-refractivity contribution in [2.75, 3.05) is 24.2 Å². The number of nitrogens with zero attached hydrogens (tertiary/aromatic N) is 2. The van der Waals surface area contributed by atoms with Gasteiger partial charge in [0.15, 0.2) is 0 Å². The molecule has 0 bridgehead atoms. The van der Waals surface area contributed by atoms with Crippen LogP contribution in [0, 0.1) is 0 Å². The Balaban J connectivity index is 1.97. The Labute approximate surface area is 112 Å². The van der Waals surface area contributed by atoms with Gasteiger partial charge < -0.3 is 4.90 Å². The maximum Gasteiger partial charge on any atom is 0.208 e. The van der Waals surface area contributed by atoms with Gasteiger partial charge in [0.25, 0.3) is 0 Å². The Kier molecular flexibility index (Phi) is 4.09. The predicted molar refractivity (Wildman–Crippen MR) is 72.5 cm³/mol. The third kappa shape index (κ3) is 3.57. The highest BCUT2D eigenvalue weighted by Crippen LogP contribution is 2.25. The number of rotatable bonds is 3. The average molecular weight is 290 g/mol. The monoisotopic (exact) mass is 289 g/mol. The fraction of sp³-hybridized carbons (Fsp3) is 0.545. The molecule has 0 aromatic carbocycles. The summed E-state index contributed by atoms with van der Waals surface area (Å²) in [4.78, 5) is 6.34. The molecule has 0 saturated carbocycles. The summed E-state index contributed by atoms with van der Waals surface area (Å²) in [6, 6.07) is 3.62. The second-order valence-electron chi connectivity index (χ2n) is 4.46. The summed E-state index contributed by atoms with van der Waals surface area (Å²) in [5.41, 5.74) is 0. The van der Waals surface area contributed by atoms with Crippen molar-refractivity contribution in [1.29, 1.82) is 0 Å². The van der Waals surface area contributed by atoms with E-state index in [1.165, 1.54) is 6.26 Å². The summed E-state index contributed by atoms with van der Waals surface area (Å²) >= 11 is 6.08. The number of halogens is 1. The van der Waals surface area contributed by atoms with Crippen molar-refractivity contribution in [3.05, 3.63) is 23.4 Å². The lowest BCUT2D eigenvalue weighted by atomic mass is 10.1. The van der Waals surface area contributed by atoms with Crippen LogP contribution >= 0.6 is 11.6 Å². The number of nitrogens with one attached hydrogen (secondary N) is 1. The number of anilines is 1. The molecule has 1 N–H and O–H groups in total. The first-order valence-electron chi connectivity index (χ1n) is 5.78. The second-order valence-corrected chi connectivity index (χ2v) is 6.65. The zero-order valence-electron chi connectivity index (χ0n) is 10.1. The smallest absolute Gasteiger partial charge is 0.208 e. The van der Waals surface area contributed by atoms with E-state index >= 15 is 0 Å². The molecule has 2 rings (SSSR count). The number of pyridine rings is 1. The van der Waals surface area contributed by atoms with Crippen molar-refractivity contribution in [3.8, 4) is 0 Å². The van der Waals surface area contributed by atoms with E-state index in [-0.39, 0.29) is 6.04 Å². The Hall–Kier alpha value is -0.850.